The zero-order valence-electron chi connectivity index (χ0n) is 16.9. The van der Waals surface area contributed by atoms with Crippen molar-refractivity contribution in [3.05, 3.63) is 70.6 Å². The number of aromatic nitrogens is 2. The van der Waals surface area contributed by atoms with E-state index < -0.39 is 0 Å². The highest BCUT2D eigenvalue weighted by Crippen LogP contribution is 2.26. The van der Waals surface area contributed by atoms with Gasteiger partial charge in [-0.05, 0) is 36.2 Å². The molecule has 7 nitrogen and oxygen atoms in total. The maximum absolute atomic E-state index is 13.0. The van der Waals surface area contributed by atoms with Gasteiger partial charge in [0.2, 0.25) is 17.7 Å². The molecule has 0 unspecified atom stereocenters. The van der Waals surface area contributed by atoms with Gasteiger partial charge in [0.05, 0.1) is 17.1 Å². The van der Waals surface area contributed by atoms with Crippen molar-refractivity contribution in [1.82, 2.24) is 20.4 Å². The van der Waals surface area contributed by atoms with Crippen LogP contribution in [0.25, 0.3) is 11.5 Å². The van der Waals surface area contributed by atoms with Crippen molar-refractivity contribution < 1.29 is 14.0 Å². The van der Waals surface area contributed by atoms with Crippen molar-refractivity contribution in [3.8, 4) is 11.5 Å². The second kappa shape index (κ2) is 10.0. The summed E-state index contributed by atoms with van der Waals surface area (Å²) in [7, 11) is 0. The summed E-state index contributed by atoms with van der Waals surface area (Å²) in [5.41, 5.74) is 2.13. The van der Waals surface area contributed by atoms with Gasteiger partial charge >= 0.3 is 0 Å². The number of amides is 2. The van der Waals surface area contributed by atoms with Crippen LogP contribution < -0.4 is 5.32 Å². The van der Waals surface area contributed by atoms with Crippen molar-refractivity contribution >= 4 is 23.4 Å². The maximum Gasteiger partial charge on any atom is 0.254 e. The number of nitrogens with one attached hydrogen (secondary N) is 1. The molecule has 0 fully saturated rings. The lowest BCUT2D eigenvalue weighted by Gasteiger charge is -2.20. The van der Waals surface area contributed by atoms with E-state index >= 15 is 0 Å². The average molecular weight is 427 g/mol. The molecule has 1 N–H and O–H groups in total. The van der Waals surface area contributed by atoms with Crippen LogP contribution in [0.5, 0.6) is 0 Å². The molecule has 2 aromatic carbocycles. The minimum Gasteiger partial charge on any atom is -0.419 e. The molecule has 0 bridgehead atoms. The molecule has 1 heterocycles. The Bertz CT molecular complexity index is 1020. The number of halogens is 1. The molecule has 156 valence electrons. The van der Waals surface area contributed by atoms with E-state index in [0.29, 0.717) is 41.0 Å². The highest BCUT2D eigenvalue weighted by atomic mass is 35.5. The molecule has 3 rings (SSSR count). The van der Waals surface area contributed by atoms with Crippen molar-refractivity contribution in [3.63, 3.8) is 0 Å². The molecular weight excluding hydrogens is 404 g/mol. The van der Waals surface area contributed by atoms with Crippen LogP contribution in [-0.2, 0) is 17.9 Å². The fourth-order valence-electron chi connectivity index (χ4n) is 2.92. The number of carbonyl (C=O) groups is 2. The lowest BCUT2D eigenvalue weighted by Crippen LogP contribution is -2.31. The van der Waals surface area contributed by atoms with E-state index in [-0.39, 0.29) is 18.4 Å². The van der Waals surface area contributed by atoms with Crippen LogP contribution >= 0.6 is 11.6 Å². The molecular formula is C22H23ClN4O3. The van der Waals surface area contributed by atoms with Crippen molar-refractivity contribution in [2.45, 2.75) is 33.4 Å². The third-order valence-corrected chi connectivity index (χ3v) is 4.75. The van der Waals surface area contributed by atoms with Crippen LogP contribution in [0.4, 0.5) is 0 Å². The molecule has 0 atom stereocenters. The third kappa shape index (κ3) is 5.45. The van der Waals surface area contributed by atoms with E-state index in [1.54, 1.807) is 29.2 Å². The van der Waals surface area contributed by atoms with Gasteiger partial charge in [-0.2, -0.15) is 0 Å². The first-order valence-electron chi connectivity index (χ1n) is 9.68. The molecule has 2 amide bonds. The summed E-state index contributed by atoms with van der Waals surface area (Å²) < 4.78 is 5.75. The average Bonchev–Trinajstić information content (AvgIpc) is 3.20. The molecule has 30 heavy (non-hydrogen) atoms. The first-order valence-corrected chi connectivity index (χ1v) is 10.1. The van der Waals surface area contributed by atoms with Gasteiger partial charge in [-0.1, -0.05) is 42.8 Å². The molecule has 1 aromatic heterocycles. The number of rotatable bonds is 8. The summed E-state index contributed by atoms with van der Waals surface area (Å²) in [5, 5.41) is 11.4. The van der Waals surface area contributed by atoms with Crippen LogP contribution in [0.1, 0.15) is 42.1 Å². The lowest BCUT2D eigenvalue weighted by atomic mass is 10.1. The highest BCUT2D eigenvalue weighted by Gasteiger charge is 2.19. The fraction of sp³-hybridized carbons (Fsp3) is 0.273. The molecule has 0 saturated heterocycles. The Kier molecular flexibility index (Phi) is 7.19. The predicted octanol–water partition coefficient (Wildman–Crippen LogP) is 4.08. The Balaban J connectivity index is 1.72. The van der Waals surface area contributed by atoms with E-state index in [2.05, 4.69) is 15.5 Å². The Morgan fingerprint density at radius 3 is 2.50 bits per heavy atom. The number of hydrogen-bond acceptors (Lipinski definition) is 5. The Hall–Kier alpha value is -3.19. The summed E-state index contributed by atoms with van der Waals surface area (Å²) in [6.07, 6.45) is 0.790. The van der Waals surface area contributed by atoms with Gasteiger partial charge < -0.3 is 14.6 Å². The van der Waals surface area contributed by atoms with Crippen molar-refractivity contribution in [2.75, 3.05) is 6.54 Å². The Morgan fingerprint density at radius 1 is 1.10 bits per heavy atom. The molecule has 8 heteroatoms. The summed E-state index contributed by atoms with van der Waals surface area (Å²) in [6, 6.07) is 14.4. The minimum atomic E-state index is -0.125. The molecule has 0 spiro atoms. The predicted molar refractivity (Wildman–Crippen MR) is 114 cm³/mol. The van der Waals surface area contributed by atoms with Crippen LogP contribution in [0.3, 0.4) is 0 Å². The summed E-state index contributed by atoms with van der Waals surface area (Å²) in [6.45, 7) is 4.65. The van der Waals surface area contributed by atoms with Gasteiger partial charge in [0.25, 0.3) is 5.91 Å². The summed E-state index contributed by atoms with van der Waals surface area (Å²) in [4.78, 5) is 25.7. The fourth-order valence-corrected chi connectivity index (χ4v) is 3.14. The van der Waals surface area contributed by atoms with Gasteiger partial charge in [-0.25, -0.2) is 0 Å². The smallest absolute Gasteiger partial charge is 0.254 e. The number of benzene rings is 2. The van der Waals surface area contributed by atoms with Crippen LogP contribution in [0.15, 0.2) is 52.9 Å². The second-order valence-electron chi connectivity index (χ2n) is 6.81. The van der Waals surface area contributed by atoms with Gasteiger partial charge in [0, 0.05) is 25.6 Å². The quantitative estimate of drug-likeness (QED) is 0.586. The highest BCUT2D eigenvalue weighted by molar-refractivity contribution is 6.33. The second-order valence-corrected chi connectivity index (χ2v) is 7.22. The first-order chi connectivity index (χ1) is 14.5. The van der Waals surface area contributed by atoms with E-state index in [9.17, 15) is 9.59 Å². The zero-order chi connectivity index (χ0) is 21.5. The zero-order valence-corrected chi connectivity index (χ0v) is 17.6. The van der Waals surface area contributed by atoms with Gasteiger partial charge in [0.15, 0.2) is 0 Å². The van der Waals surface area contributed by atoms with E-state index in [1.807, 2.05) is 31.2 Å². The van der Waals surface area contributed by atoms with E-state index in [1.165, 1.54) is 6.92 Å². The van der Waals surface area contributed by atoms with Gasteiger partial charge in [-0.15, -0.1) is 10.2 Å². The number of hydrogen-bond donors (Lipinski definition) is 1. The van der Waals surface area contributed by atoms with E-state index in [4.69, 9.17) is 16.0 Å². The standard InChI is InChI=1S/C22H23ClN4O3/c1-3-12-27(22(29)17-10-8-16(9-11-17)13-24-15(2)28)14-20-25-26-21(30-20)18-6-4-5-7-19(18)23/h4-11H,3,12-14H2,1-2H3,(H,24,28). The number of nitrogens with zero attached hydrogens (tertiary/aromatic N) is 3. The van der Waals surface area contributed by atoms with Gasteiger partial charge in [0.1, 0.15) is 0 Å². The number of carbonyl (C=O) groups excluding carboxylic acids is 2. The maximum atomic E-state index is 13.0. The molecule has 0 aliphatic heterocycles. The SMILES string of the molecule is CCCN(Cc1nnc(-c2ccccc2Cl)o1)C(=O)c1ccc(CNC(C)=O)cc1. The molecule has 0 radical (unpaired) electrons. The topological polar surface area (TPSA) is 88.3 Å². The minimum absolute atomic E-state index is 0.0972. The third-order valence-electron chi connectivity index (χ3n) is 4.42. The Morgan fingerprint density at radius 2 is 1.83 bits per heavy atom. The van der Waals surface area contributed by atoms with E-state index in [0.717, 1.165) is 12.0 Å². The van der Waals surface area contributed by atoms with Crippen LogP contribution in [0.2, 0.25) is 5.02 Å². The van der Waals surface area contributed by atoms with Crippen LogP contribution in [0, 0.1) is 0 Å². The molecule has 0 saturated carbocycles. The van der Waals surface area contributed by atoms with Gasteiger partial charge in [-0.3, -0.25) is 9.59 Å². The first kappa shape index (κ1) is 21.5. The summed E-state index contributed by atoms with van der Waals surface area (Å²) >= 11 is 6.19. The Labute approximate surface area is 180 Å². The van der Waals surface area contributed by atoms with Crippen molar-refractivity contribution in [1.29, 1.82) is 0 Å². The molecule has 0 aliphatic rings. The normalized spacial score (nSPS) is 10.6. The summed E-state index contributed by atoms with van der Waals surface area (Å²) in [5.74, 6) is 0.441. The lowest BCUT2D eigenvalue weighted by molar-refractivity contribution is -0.119. The molecule has 3 aromatic rings. The monoisotopic (exact) mass is 426 g/mol. The van der Waals surface area contributed by atoms with Crippen LogP contribution in [-0.4, -0.2) is 33.5 Å². The van der Waals surface area contributed by atoms with Crippen molar-refractivity contribution in [2.24, 2.45) is 0 Å². The largest absolute Gasteiger partial charge is 0.419 e. The molecule has 0 aliphatic carbocycles.